The largest absolute Gasteiger partial charge is 0.289 e. The number of hydrogen-bond donors (Lipinski definition) is 0. The van der Waals surface area contributed by atoms with E-state index in [-0.39, 0.29) is 5.78 Å². The van der Waals surface area contributed by atoms with Crippen molar-refractivity contribution in [2.75, 3.05) is 0 Å². The van der Waals surface area contributed by atoms with Crippen molar-refractivity contribution < 1.29 is 4.79 Å². The molecule has 0 atom stereocenters. The van der Waals surface area contributed by atoms with Crippen molar-refractivity contribution in [2.45, 2.75) is 34.1 Å². The topological polar surface area (TPSA) is 17.1 Å². The van der Waals surface area contributed by atoms with E-state index in [2.05, 4.69) is 0 Å². The van der Waals surface area contributed by atoms with Crippen molar-refractivity contribution in [2.24, 2.45) is 0 Å². The quantitative estimate of drug-likeness (QED) is 0.651. The molecule has 0 fully saturated rings. The third-order valence-corrected chi connectivity index (χ3v) is 2.28. The summed E-state index contributed by atoms with van der Waals surface area (Å²) < 4.78 is 0. The lowest BCUT2D eigenvalue weighted by atomic mass is 10.0. The van der Waals surface area contributed by atoms with Gasteiger partial charge in [-0.05, 0) is 6.42 Å². The summed E-state index contributed by atoms with van der Waals surface area (Å²) in [6, 6.07) is 9.35. The van der Waals surface area contributed by atoms with Crippen LogP contribution in [-0.4, -0.2) is 5.78 Å². The predicted octanol–water partition coefficient (Wildman–Crippen LogP) is 5.36. The third kappa shape index (κ3) is 6.01. The second-order valence-electron chi connectivity index (χ2n) is 3.38. The molecule has 2 rings (SSSR count). The van der Waals surface area contributed by atoms with E-state index >= 15 is 0 Å². The predicted molar refractivity (Wildman–Crippen MR) is 84.4 cm³/mol. The fourth-order valence-electron chi connectivity index (χ4n) is 1.49. The Morgan fingerprint density at radius 3 is 2.21 bits per heavy atom. The van der Waals surface area contributed by atoms with E-state index in [1.165, 1.54) is 0 Å². The first-order chi connectivity index (χ1) is 9.38. The molecule has 0 saturated heterocycles. The first-order valence-electron chi connectivity index (χ1n) is 7.01. The van der Waals surface area contributed by atoms with Crippen LogP contribution in [0.3, 0.4) is 0 Å². The van der Waals surface area contributed by atoms with Gasteiger partial charge in [-0.15, -0.1) is 0 Å². The summed E-state index contributed by atoms with van der Waals surface area (Å²) in [4.78, 5) is 12.0. The lowest BCUT2D eigenvalue weighted by molar-refractivity contribution is 0.103. The minimum atomic E-state index is 0.0819. The molecular weight excluding hydrogens is 232 g/mol. The number of Topliss-reactive ketones (excluding diaryl/α,β-unsaturated/α-hetero) is 1. The van der Waals surface area contributed by atoms with Crippen LogP contribution in [0.25, 0.3) is 0 Å². The zero-order chi connectivity index (χ0) is 14.5. The smallest absolute Gasteiger partial charge is 0.193 e. The van der Waals surface area contributed by atoms with Crippen LogP contribution in [0.4, 0.5) is 0 Å². The van der Waals surface area contributed by atoms with Gasteiger partial charge in [-0.25, -0.2) is 0 Å². The highest BCUT2D eigenvalue weighted by Crippen LogP contribution is 2.12. The Balaban J connectivity index is 0.000000741. The SMILES string of the molecule is CC.CC.O=C(C1=CC=CCC=C1)c1ccccc1. The Morgan fingerprint density at radius 1 is 0.947 bits per heavy atom. The van der Waals surface area contributed by atoms with Gasteiger partial charge in [0.15, 0.2) is 5.78 Å². The highest BCUT2D eigenvalue weighted by molar-refractivity contribution is 6.10. The Morgan fingerprint density at radius 2 is 1.58 bits per heavy atom. The molecule has 1 aliphatic rings. The first kappa shape index (κ1) is 17.1. The monoisotopic (exact) mass is 256 g/mol. The van der Waals surface area contributed by atoms with E-state index in [0.717, 1.165) is 17.6 Å². The van der Waals surface area contributed by atoms with Crippen molar-refractivity contribution in [3.8, 4) is 0 Å². The van der Waals surface area contributed by atoms with Crippen molar-refractivity contribution in [3.05, 3.63) is 71.8 Å². The van der Waals surface area contributed by atoms with E-state index in [0.29, 0.717) is 0 Å². The van der Waals surface area contributed by atoms with Gasteiger partial charge in [0.05, 0.1) is 0 Å². The average molecular weight is 256 g/mol. The zero-order valence-corrected chi connectivity index (χ0v) is 12.4. The molecule has 0 spiro atoms. The number of rotatable bonds is 2. The summed E-state index contributed by atoms with van der Waals surface area (Å²) in [5.74, 6) is 0.0819. The minimum absolute atomic E-state index is 0.0819. The number of benzene rings is 1. The van der Waals surface area contributed by atoms with Crippen LogP contribution in [0.2, 0.25) is 0 Å². The Kier molecular flexibility index (Phi) is 10.1. The maximum absolute atomic E-state index is 12.0. The molecule has 19 heavy (non-hydrogen) atoms. The van der Waals surface area contributed by atoms with Gasteiger partial charge in [0.2, 0.25) is 0 Å². The molecule has 0 bridgehead atoms. The van der Waals surface area contributed by atoms with Gasteiger partial charge in [-0.2, -0.15) is 0 Å². The highest BCUT2D eigenvalue weighted by atomic mass is 16.1. The van der Waals surface area contributed by atoms with E-state index in [1.54, 1.807) is 0 Å². The molecule has 0 N–H and O–H groups in total. The van der Waals surface area contributed by atoms with E-state index in [1.807, 2.05) is 88.4 Å². The van der Waals surface area contributed by atoms with Gasteiger partial charge < -0.3 is 0 Å². The number of hydrogen-bond acceptors (Lipinski definition) is 1. The summed E-state index contributed by atoms with van der Waals surface area (Å²) in [5.41, 5.74) is 1.48. The zero-order valence-electron chi connectivity index (χ0n) is 12.4. The molecule has 0 aromatic heterocycles. The van der Waals surface area contributed by atoms with Crippen LogP contribution in [0, 0.1) is 0 Å². The summed E-state index contributed by atoms with van der Waals surface area (Å²) >= 11 is 0. The molecular formula is C18H24O. The van der Waals surface area contributed by atoms with Crippen LogP contribution in [0.15, 0.2) is 66.3 Å². The molecule has 0 radical (unpaired) electrons. The Labute approximate surface area is 117 Å². The van der Waals surface area contributed by atoms with Crippen LogP contribution in [0.1, 0.15) is 44.5 Å². The fraction of sp³-hybridized carbons (Fsp3) is 0.278. The summed E-state index contributed by atoms with van der Waals surface area (Å²) in [7, 11) is 0. The van der Waals surface area contributed by atoms with Crippen LogP contribution in [0.5, 0.6) is 0 Å². The standard InChI is InChI=1S/C14H12O.2C2H6/c15-14(13-10-6-3-7-11-13)12-8-4-1-2-5-9-12;2*1-2/h1,3-11H,2H2;2*1-2H3. The molecule has 1 nitrogen and oxygen atoms in total. The molecule has 0 amide bonds. The van der Waals surface area contributed by atoms with Crippen molar-refractivity contribution >= 4 is 5.78 Å². The molecule has 0 unspecified atom stereocenters. The first-order valence-corrected chi connectivity index (χ1v) is 7.01. The van der Waals surface area contributed by atoms with Gasteiger partial charge in [0, 0.05) is 11.1 Å². The van der Waals surface area contributed by atoms with E-state index < -0.39 is 0 Å². The number of carbonyl (C=O) groups is 1. The molecule has 1 aliphatic carbocycles. The maximum Gasteiger partial charge on any atom is 0.193 e. The van der Waals surface area contributed by atoms with Crippen molar-refractivity contribution in [1.82, 2.24) is 0 Å². The lowest BCUT2D eigenvalue weighted by Crippen LogP contribution is -2.00. The summed E-state index contributed by atoms with van der Waals surface area (Å²) in [6.45, 7) is 8.00. The van der Waals surface area contributed by atoms with Crippen LogP contribution >= 0.6 is 0 Å². The van der Waals surface area contributed by atoms with Gasteiger partial charge in [-0.3, -0.25) is 4.79 Å². The fourth-order valence-corrected chi connectivity index (χ4v) is 1.49. The van der Waals surface area contributed by atoms with Gasteiger partial charge in [-0.1, -0.05) is 88.4 Å². The van der Waals surface area contributed by atoms with Gasteiger partial charge in [0.25, 0.3) is 0 Å². The Bertz CT molecular complexity index is 436. The lowest BCUT2D eigenvalue weighted by Gasteiger charge is -1.99. The Hall–Kier alpha value is -1.89. The maximum atomic E-state index is 12.0. The second kappa shape index (κ2) is 11.2. The second-order valence-corrected chi connectivity index (χ2v) is 3.38. The van der Waals surface area contributed by atoms with E-state index in [4.69, 9.17) is 0 Å². The highest BCUT2D eigenvalue weighted by Gasteiger charge is 2.08. The average Bonchev–Trinajstić information content (AvgIpc) is 2.80. The number of ketones is 1. The number of carbonyl (C=O) groups excluding carboxylic acids is 1. The summed E-state index contributed by atoms with van der Waals surface area (Å²) in [5, 5.41) is 0. The number of allylic oxidation sites excluding steroid dienone is 6. The molecule has 1 heteroatoms. The normalized spacial score (nSPS) is 12.1. The molecule has 0 aliphatic heterocycles. The van der Waals surface area contributed by atoms with Crippen molar-refractivity contribution in [1.29, 1.82) is 0 Å². The summed E-state index contributed by atoms with van der Waals surface area (Å²) in [6.07, 6.45) is 10.6. The van der Waals surface area contributed by atoms with Gasteiger partial charge >= 0.3 is 0 Å². The molecule has 1 aromatic carbocycles. The van der Waals surface area contributed by atoms with E-state index in [9.17, 15) is 4.79 Å². The van der Waals surface area contributed by atoms with Crippen LogP contribution in [-0.2, 0) is 0 Å². The van der Waals surface area contributed by atoms with Gasteiger partial charge in [0.1, 0.15) is 0 Å². The van der Waals surface area contributed by atoms with Crippen molar-refractivity contribution in [3.63, 3.8) is 0 Å². The molecule has 102 valence electrons. The minimum Gasteiger partial charge on any atom is -0.289 e. The van der Waals surface area contributed by atoms with Crippen LogP contribution < -0.4 is 0 Å². The third-order valence-electron chi connectivity index (χ3n) is 2.28. The molecule has 1 aromatic rings. The molecule has 0 saturated carbocycles. The molecule has 0 heterocycles.